The van der Waals surface area contributed by atoms with Crippen molar-refractivity contribution in [2.45, 2.75) is 39.8 Å². The zero-order chi connectivity index (χ0) is 30.5. The zero-order valence-corrected chi connectivity index (χ0v) is 25.5. The second-order valence-corrected chi connectivity index (χ2v) is 11.3. The summed E-state index contributed by atoms with van der Waals surface area (Å²) in [6, 6.07) is 17.8. The normalized spacial score (nSPS) is 14.7. The number of carbonyl (C=O) groups excluding carboxylic acids is 1. The molecule has 0 aliphatic carbocycles. The lowest BCUT2D eigenvalue weighted by atomic mass is 9.95. The number of aromatic nitrogens is 1. The van der Waals surface area contributed by atoms with E-state index in [0.717, 1.165) is 17.5 Å². The molecule has 0 radical (unpaired) electrons. The van der Waals surface area contributed by atoms with Gasteiger partial charge >= 0.3 is 5.97 Å². The van der Waals surface area contributed by atoms with Gasteiger partial charge in [0.05, 0.1) is 29.0 Å². The largest absolute Gasteiger partial charge is 0.493 e. The highest BCUT2D eigenvalue weighted by Crippen LogP contribution is 2.37. The Kier molecular flexibility index (Phi) is 9.43. The van der Waals surface area contributed by atoms with Crippen LogP contribution in [0.25, 0.3) is 6.08 Å². The first-order valence-corrected chi connectivity index (χ1v) is 15.1. The van der Waals surface area contributed by atoms with E-state index in [0.29, 0.717) is 50.3 Å². The van der Waals surface area contributed by atoms with Crippen LogP contribution in [-0.4, -0.2) is 23.8 Å². The molecule has 1 aliphatic heterocycles. The summed E-state index contributed by atoms with van der Waals surface area (Å²) in [6.07, 6.45) is 2.56. The third kappa shape index (κ3) is 6.73. The predicted octanol–water partition coefficient (Wildman–Crippen LogP) is 5.96. The number of thiazole rings is 1. The number of ether oxygens (including phenoxy) is 3. The number of rotatable bonds is 10. The van der Waals surface area contributed by atoms with Crippen molar-refractivity contribution < 1.29 is 23.4 Å². The third-order valence-corrected chi connectivity index (χ3v) is 7.96. The fraction of sp³-hybridized carbons (Fsp3) is 0.242. The van der Waals surface area contributed by atoms with Gasteiger partial charge in [-0.2, -0.15) is 0 Å². The standard InChI is InChI=1S/C33H30ClFN2O5S/c1-4-16-41-27-15-10-23(34)18-26(27)30-29(32(39)40-5-2)20(3)36-33-37(30)31(38)28(43-33)17-21-8-13-25(14-9-21)42-19-22-6-11-24(35)12-7-22/h6-15,17-18,30H,4-5,16,19H2,1-3H3/b28-17-/t30-/m1/s1. The van der Waals surface area contributed by atoms with Crippen LogP contribution in [0, 0.1) is 5.82 Å². The topological polar surface area (TPSA) is 79.1 Å². The number of carbonyl (C=O) groups is 1. The molecule has 222 valence electrons. The molecule has 5 rings (SSSR count). The molecule has 43 heavy (non-hydrogen) atoms. The molecule has 7 nitrogen and oxygen atoms in total. The number of halogens is 2. The van der Waals surface area contributed by atoms with Crippen LogP contribution in [-0.2, 0) is 16.1 Å². The molecular formula is C33H30ClFN2O5S. The Bertz CT molecular complexity index is 1850. The van der Waals surface area contributed by atoms with Gasteiger partial charge in [-0.05, 0) is 79.9 Å². The Morgan fingerprint density at radius 2 is 1.81 bits per heavy atom. The molecule has 1 aliphatic rings. The molecular weight excluding hydrogens is 591 g/mol. The fourth-order valence-corrected chi connectivity index (χ4v) is 5.95. The average molecular weight is 621 g/mol. The number of hydrogen-bond donors (Lipinski definition) is 0. The molecule has 0 saturated carbocycles. The minimum absolute atomic E-state index is 0.172. The van der Waals surface area contributed by atoms with Gasteiger partial charge in [0.15, 0.2) is 4.80 Å². The maximum atomic E-state index is 14.0. The average Bonchev–Trinajstić information content (AvgIpc) is 3.30. The number of fused-ring (bicyclic) bond motifs is 1. The molecule has 2 heterocycles. The van der Waals surface area contributed by atoms with Gasteiger partial charge in [-0.3, -0.25) is 9.36 Å². The van der Waals surface area contributed by atoms with Gasteiger partial charge in [0, 0.05) is 10.6 Å². The van der Waals surface area contributed by atoms with Crippen LogP contribution in [0.4, 0.5) is 4.39 Å². The summed E-state index contributed by atoms with van der Waals surface area (Å²) in [7, 11) is 0. The molecule has 4 aromatic rings. The van der Waals surface area contributed by atoms with Crippen molar-refractivity contribution in [2.75, 3.05) is 13.2 Å². The maximum Gasteiger partial charge on any atom is 0.338 e. The van der Waals surface area contributed by atoms with Gasteiger partial charge in [-0.15, -0.1) is 0 Å². The second-order valence-electron chi connectivity index (χ2n) is 9.82. The van der Waals surface area contributed by atoms with Gasteiger partial charge in [0.2, 0.25) is 0 Å². The Morgan fingerprint density at radius 1 is 1.07 bits per heavy atom. The van der Waals surface area contributed by atoms with E-state index in [1.807, 2.05) is 31.2 Å². The van der Waals surface area contributed by atoms with Gasteiger partial charge < -0.3 is 14.2 Å². The Hall–Kier alpha value is -4.21. The molecule has 3 aromatic carbocycles. The summed E-state index contributed by atoms with van der Waals surface area (Å²) in [5.74, 6) is 0.312. The molecule has 0 amide bonds. The van der Waals surface area contributed by atoms with E-state index >= 15 is 0 Å². The third-order valence-electron chi connectivity index (χ3n) is 6.74. The first-order chi connectivity index (χ1) is 20.8. The van der Waals surface area contributed by atoms with E-state index < -0.39 is 12.0 Å². The van der Waals surface area contributed by atoms with Gasteiger partial charge in [0.1, 0.15) is 30.0 Å². The monoisotopic (exact) mass is 620 g/mol. The van der Waals surface area contributed by atoms with E-state index in [9.17, 15) is 14.0 Å². The molecule has 0 spiro atoms. The summed E-state index contributed by atoms with van der Waals surface area (Å²) < 4.78 is 32.4. The molecule has 0 bridgehead atoms. The van der Waals surface area contributed by atoms with Crippen molar-refractivity contribution in [1.82, 2.24) is 4.57 Å². The van der Waals surface area contributed by atoms with Crippen LogP contribution in [0.2, 0.25) is 5.02 Å². The molecule has 1 atom stereocenters. The summed E-state index contributed by atoms with van der Waals surface area (Å²) >= 11 is 7.66. The first-order valence-electron chi connectivity index (χ1n) is 13.9. The highest BCUT2D eigenvalue weighted by molar-refractivity contribution is 7.07. The Balaban J connectivity index is 1.54. The van der Waals surface area contributed by atoms with Gasteiger partial charge in [0.25, 0.3) is 5.56 Å². The van der Waals surface area contributed by atoms with Crippen molar-refractivity contribution in [2.24, 2.45) is 4.99 Å². The van der Waals surface area contributed by atoms with Crippen LogP contribution < -0.4 is 24.4 Å². The minimum atomic E-state index is -0.842. The van der Waals surface area contributed by atoms with E-state index in [4.69, 9.17) is 25.8 Å². The zero-order valence-electron chi connectivity index (χ0n) is 23.9. The molecule has 0 fully saturated rings. The van der Waals surface area contributed by atoms with Crippen molar-refractivity contribution in [3.8, 4) is 11.5 Å². The number of nitrogens with zero attached hydrogens (tertiary/aromatic N) is 2. The molecule has 0 unspecified atom stereocenters. The number of hydrogen-bond acceptors (Lipinski definition) is 7. The maximum absolute atomic E-state index is 14.0. The number of esters is 1. The SMILES string of the molecule is CCCOc1ccc(Cl)cc1[C@@H]1C(C(=O)OCC)=C(C)N=c2s/c(=C\c3ccc(OCc4ccc(F)cc4)cc3)c(=O)n21. The molecule has 0 saturated heterocycles. The van der Waals surface area contributed by atoms with Crippen molar-refractivity contribution in [3.05, 3.63) is 125 Å². The molecule has 10 heteroatoms. The van der Waals surface area contributed by atoms with Gasteiger partial charge in [-0.1, -0.05) is 54.1 Å². The van der Waals surface area contributed by atoms with Gasteiger partial charge in [-0.25, -0.2) is 14.2 Å². The van der Waals surface area contributed by atoms with Crippen LogP contribution in [0.5, 0.6) is 11.5 Å². The summed E-state index contributed by atoms with van der Waals surface area (Å²) in [4.78, 5) is 32.3. The summed E-state index contributed by atoms with van der Waals surface area (Å²) in [5.41, 5.74) is 2.62. The van der Waals surface area contributed by atoms with Crippen LogP contribution in [0.3, 0.4) is 0 Å². The lowest BCUT2D eigenvalue weighted by Gasteiger charge is -2.26. The van der Waals surface area contributed by atoms with E-state index in [1.54, 1.807) is 50.3 Å². The van der Waals surface area contributed by atoms with Crippen LogP contribution in [0.15, 0.2) is 87.8 Å². The Labute approximate surface area is 257 Å². The van der Waals surface area contributed by atoms with Crippen molar-refractivity contribution in [3.63, 3.8) is 0 Å². The summed E-state index contributed by atoms with van der Waals surface area (Å²) in [6.45, 7) is 6.39. The molecule has 1 aromatic heterocycles. The van der Waals surface area contributed by atoms with Crippen LogP contribution >= 0.6 is 22.9 Å². The lowest BCUT2D eigenvalue weighted by molar-refractivity contribution is -0.139. The summed E-state index contributed by atoms with van der Waals surface area (Å²) in [5, 5.41) is 0.445. The Morgan fingerprint density at radius 3 is 2.51 bits per heavy atom. The molecule has 0 N–H and O–H groups in total. The number of benzene rings is 3. The van der Waals surface area contributed by atoms with Crippen molar-refractivity contribution >= 4 is 35.0 Å². The lowest BCUT2D eigenvalue weighted by Crippen LogP contribution is -2.40. The number of allylic oxidation sites excluding steroid dienone is 1. The quantitative estimate of drug-likeness (QED) is 0.205. The van der Waals surface area contributed by atoms with E-state index in [2.05, 4.69) is 4.99 Å². The fourth-order valence-electron chi connectivity index (χ4n) is 4.72. The predicted molar refractivity (Wildman–Crippen MR) is 165 cm³/mol. The van der Waals surface area contributed by atoms with Crippen LogP contribution in [0.1, 0.15) is 49.9 Å². The van der Waals surface area contributed by atoms with E-state index in [1.165, 1.54) is 28.0 Å². The minimum Gasteiger partial charge on any atom is -0.493 e. The highest BCUT2D eigenvalue weighted by Gasteiger charge is 2.35. The second kappa shape index (κ2) is 13.4. The van der Waals surface area contributed by atoms with Crippen molar-refractivity contribution in [1.29, 1.82) is 0 Å². The first kappa shape index (κ1) is 30.3. The van der Waals surface area contributed by atoms with E-state index in [-0.39, 0.29) is 23.6 Å². The smallest absolute Gasteiger partial charge is 0.338 e. The highest BCUT2D eigenvalue weighted by atomic mass is 35.5.